The second-order valence-corrected chi connectivity index (χ2v) is 15.6. The Morgan fingerprint density at radius 2 is 1.92 bits per heavy atom. The lowest BCUT2D eigenvalue weighted by Crippen LogP contribution is -2.45. The van der Waals surface area contributed by atoms with Gasteiger partial charge in [-0.1, -0.05) is 11.6 Å². The summed E-state index contributed by atoms with van der Waals surface area (Å²) in [6, 6.07) is 1.73. The summed E-state index contributed by atoms with van der Waals surface area (Å²) in [5.41, 5.74) is 1.65. The Bertz CT molecular complexity index is 1370. The van der Waals surface area contributed by atoms with Crippen molar-refractivity contribution in [3.63, 3.8) is 0 Å². The monoisotopic (exact) mass is 583 g/mol. The lowest BCUT2D eigenvalue weighted by Gasteiger charge is -2.32. The van der Waals surface area contributed by atoms with Crippen molar-refractivity contribution in [2.45, 2.75) is 51.2 Å². The summed E-state index contributed by atoms with van der Waals surface area (Å²) in [6.07, 6.45) is 7.28. The van der Waals surface area contributed by atoms with Gasteiger partial charge in [-0.05, 0) is 51.5 Å². The molecule has 2 aliphatic heterocycles. The molecule has 2 aromatic rings. The van der Waals surface area contributed by atoms with Crippen LogP contribution in [0.5, 0.6) is 0 Å². The molecule has 0 bridgehead atoms. The number of Topliss-reactive ketones (excluding diaryl/α,β-unsaturated/α-hetero) is 1. The number of anilines is 1. The van der Waals surface area contributed by atoms with Gasteiger partial charge >= 0.3 is 0 Å². The highest BCUT2D eigenvalue weighted by Gasteiger charge is 2.34. The van der Waals surface area contributed by atoms with Crippen molar-refractivity contribution in [2.75, 3.05) is 36.5 Å². The number of hydrogen-bond acceptors (Lipinski definition) is 9. The Morgan fingerprint density at radius 3 is 2.63 bits per heavy atom. The van der Waals surface area contributed by atoms with Crippen LogP contribution in [0.4, 0.5) is 5.82 Å². The van der Waals surface area contributed by atoms with E-state index in [1.165, 1.54) is 10.5 Å². The summed E-state index contributed by atoms with van der Waals surface area (Å²) in [5, 5.41) is 3.10. The number of sulfone groups is 1. The molecule has 1 N–H and O–H groups in total. The number of nitrogens with zero attached hydrogens (tertiary/aromatic N) is 4. The van der Waals surface area contributed by atoms with Crippen LogP contribution >= 0.6 is 11.6 Å². The maximum Gasteiger partial charge on any atom is 0.216 e. The van der Waals surface area contributed by atoms with E-state index in [1.807, 2.05) is 0 Å². The maximum absolute atomic E-state index is 13.1. The summed E-state index contributed by atoms with van der Waals surface area (Å²) in [4.78, 5) is 26.3. The zero-order valence-corrected chi connectivity index (χ0v) is 24.0. The normalized spacial score (nSPS) is 20.9. The zero-order chi connectivity index (χ0) is 27.5. The Morgan fingerprint density at radius 1 is 1.18 bits per heavy atom. The summed E-state index contributed by atoms with van der Waals surface area (Å²) in [6.45, 7) is 4.54. The van der Waals surface area contributed by atoms with E-state index in [1.54, 1.807) is 32.3 Å². The zero-order valence-electron chi connectivity index (χ0n) is 21.6. The van der Waals surface area contributed by atoms with E-state index in [9.17, 15) is 21.6 Å². The minimum absolute atomic E-state index is 0.0505. The van der Waals surface area contributed by atoms with Crippen LogP contribution < -0.4 is 5.32 Å². The van der Waals surface area contributed by atoms with Gasteiger partial charge < -0.3 is 5.32 Å². The van der Waals surface area contributed by atoms with E-state index >= 15 is 0 Å². The first-order chi connectivity index (χ1) is 17.9. The average Bonchev–Trinajstić information content (AvgIpc) is 2.89. The number of piperidine rings is 1. The summed E-state index contributed by atoms with van der Waals surface area (Å²) in [7, 11) is -6.32. The highest BCUT2D eigenvalue weighted by atomic mass is 35.5. The summed E-state index contributed by atoms with van der Waals surface area (Å²) < 4.78 is 49.9. The quantitative estimate of drug-likeness (QED) is 0.472. The number of aromatic nitrogens is 3. The third-order valence-corrected chi connectivity index (χ3v) is 11.5. The van der Waals surface area contributed by atoms with Gasteiger partial charge in [-0.25, -0.2) is 26.1 Å². The number of rotatable bonds is 9. The molecule has 0 aliphatic carbocycles. The second kappa shape index (κ2) is 11.9. The number of pyridine rings is 1. The molecule has 0 radical (unpaired) electrons. The van der Waals surface area contributed by atoms with Gasteiger partial charge in [0.15, 0.2) is 0 Å². The van der Waals surface area contributed by atoms with Crippen LogP contribution in [-0.4, -0.2) is 78.3 Å². The van der Waals surface area contributed by atoms with Crippen molar-refractivity contribution >= 4 is 43.1 Å². The SMILES string of the molecule is CC(C)S(=O)(=O)N1CCC[C@@H](C(=O)Cc2cc(-c3cncc(NCC4CCS(=O)(=O)CC4)n3)c(Cl)cn2)C1. The topological polar surface area (TPSA) is 139 Å². The van der Waals surface area contributed by atoms with Gasteiger partial charge in [-0.15, -0.1) is 0 Å². The van der Waals surface area contributed by atoms with Crippen molar-refractivity contribution < 1.29 is 21.6 Å². The van der Waals surface area contributed by atoms with Gasteiger partial charge in [0.2, 0.25) is 10.0 Å². The average molecular weight is 584 g/mol. The Labute approximate surface area is 229 Å². The fraction of sp³-hybridized carbons (Fsp3) is 0.600. The van der Waals surface area contributed by atoms with Gasteiger partial charge in [-0.3, -0.25) is 14.8 Å². The molecule has 13 heteroatoms. The molecule has 1 atom stereocenters. The number of halogens is 1. The maximum atomic E-state index is 13.1. The van der Waals surface area contributed by atoms with E-state index in [2.05, 4.69) is 20.3 Å². The van der Waals surface area contributed by atoms with Crippen LogP contribution in [0.1, 0.15) is 45.2 Å². The lowest BCUT2D eigenvalue weighted by molar-refractivity contribution is -0.123. The number of carbonyl (C=O) groups is 1. The van der Waals surface area contributed by atoms with Gasteiger partial charge in [0.05, 0.1) is 39.9 Å². The summed E-state index contributed by atoms with van der Waals surface area (Å²) >= 11 is 6.43. The third kappa shape index (κ3) is 7.08. The summed E-state index contributed by atoms with van der Waals surface area (Å²) in [5.74, 6) is 0.801. The van der Waals surface area contributed by atoms with Crippen LogP contribution in [0.2, 0.25) is 5.02 Å². The lowest BCUT2D eigenvalue weighted by atomic mass is 9.92. The molecule has 4 heterocycles. The van der Waals surface area contributed by atoms with Gasteiger partial charge in [0.25, 0.3) is 0 Å². The fourth-order valence-electron chi connectivity index (χ4n) is 4.81. The molecular weight excluding hydrogens is 550 g/mol. The van der Waals surface area contributed by atoms with Crippen LogP contribution in [0.3, 0.4) is 0 Å². The molecule has 0 aromatic carbocycles. The number of nitrogens with one attached hydrogen (secondary N) is 1. The minimum atomic E-state index is -3.41. The van der Waals surface area contributed by atoms with Gasteiger partial charge in [0.1, 0.15) is 21.4 Å². The van der Waals surface area contributed by atoms with E-state index in [-0.39, 0.29) is 42.1 Å². The molecule has 2 aliphatic rings. The van der Waals surface area contributed by atoms with E-state index in [4.69, 9.17) is 11.6 Å². The van der Waals surface area contributed by atoms with Gasteiger partial charge in [-0.2, -0.15) is 0 Å². The van der Waals surface area contributed by atoms with Crippen LogP contribution in [-0.2, 0) is 31.1 Å². The molecule has 0 amide bonds. The minimum Gasteiger partial charge on any atom is -0.368 e. The molecular formula is C25H34ClN5O5S2. The molecule has 2 saturated heterocycles. The largest absolute Gasteiger partial charge is 0.368 e. The van der Waals surface area contributed by atoms with Crippen LogP contribution in [0.15, 0.2) is 24.7 Å². The van der Waals surface area contributed by atoms with Crippen molar-refractivity contribution in [3.05, 3.63) is 35.4 Å². The number of hydrogen-bond donors (Lipinski definition) is 1. The predicted octanol–water partition coefficient (Wildman–Crippen LogP) is 2.99. The Hall–Kier alpha value is -2.15. The molecule has 10 nitrogen and oxygen atoms in total. The standard InChI is InChI=1S/C25H34ClN5O5S2/c1-17(2)38(35,36)31-7-3-4-19(16-31)24(32)11-20-10-21(22(26)13-28-20)23-14-27-15-25(30-23)29-12-18-5-8-37(33,34)9-6-18/h10,13-15,17-19H,3-9,11-12,16H2,1-2H3,(H,29,30)/t19-/m1/s1. The number of ketones is 1. The molecule has 0 unspecified atom stereocenters. The van der Waals surface area contributed by atoms with Crippen LogP contribution in [0, 0.1) is 11.8 Å². The van der Waals surface area contributed by atoms with Gasteiger partial charge in [0, 0.05) is 49.4 Å². The van der Waals surface area contributed by atoms with E-state index in [0.717, 1.165) is 0 Å². The molecule has 4 rings (SSSR count). The molecule has 2 aromatic heterocycles. The van der Waals surface area contributed by atoms with Crippen molar-refractivity contribution in [3.8, 4) is 11.3 Å². The fourth-order valence-corrected chi connectivity index (χ4v) is 7.96. The second-order valence-electron chi connectivity index (χ2n) is 10.4. The van der Waals surface area contributed by atoms with Crippen molar-refractivity contribution in [2.24, 2.45) is 11.8 Å². The Balaban J connectivity index is 1.42. The molecule has 0 spiro atoms. The number of sulfonamides is 1. The molecule has 208 valence electrons. The third-order valence-electron chi connectivity index (χ3n) is 7.22. The number of carbonyl (C=O) groups excluding carboxylic acids is 1. The first kappa shape index (κ1) is 28.8. The van der Waals surface area contributed by atoms with E-state index < -0.39 is 25.1 Å². The predicted molar refractivity (Wildman–Crippen MR) is 147 cm³/mol. The van der Waals surface area contributed by atoms with Crippen molar-refractivity contribution in [1.82, 2.24) is 19.3 Å². The first-order valence-electron chi connectivity index (χ1n) is 12.9. The highest BCUT2D eigenvalue weighted by molar-refractivity contribution is 7.91. The van der Waals surface area contributed by atoms with E-state index in [0.29, 0.717) is 66.6 Å². The highest BCUT2D eigenvalue weighted by Crippen LogP contribution is 2.28. The molecule has 2 fully saturated rings. The smallest absolute Gasteiger partial charge is 0.216 e. The molecule has 0 saturated carbocycles. The van der Waals surface area contributed by atoms with Crippen molar-refractivity contribution in [1.29, 1.82) is 0 Å². The first-order valence-corrected chi connectivity index (χ1v) is 16.6. The molecule has 38 heavy (non-hydrogen) atoms. The Kier molecular flexibility index (Phi) is 9.06. The van der Waals surface area contributed by atoms with Crippen LogP contribution in [0.25, 0.3) is 11.3 Å².